The van der Waals surface area contributed by atoms with Gasteiger partial charge in [-0.2, -0.15) is 0 Å². The average Bonchev–Trinajstić information content (AvgIpc) is 3.36. The Kier molecular flexibility index (Phi) is 7.74. The lowest BCUT2D eigenvalue weighted by Gasteiger charge is -2.15. The summed E-state index contributed by atoms with van der Waals surface area (Å²) >= 11 is 1.58. The number of carboxylic acids is 1. The van der Waals surface area contributed by atoms with Crippen LogP contribution in [-0.4, -0.2) is 35.4 Å². The smallest absolute Gasteiger partial charge is 0.333 e. The molecule has 0 saturated carbocycles. The van der Waals surface area contributed by atoms with Crippen LogP contribution in [0.15, 0.2) is 40.7 Å². The van der Waals surface area contributed by atoms with Gasteiger partial charge < -0.3 is 19.0 Å². The van der Waals surface area contributed by atoms with Gasteiger partial charge in [-0.1, -0.05) is 32.9 Å². The molecule has 0 amide bonds. The predicted molar refractivity (Wildman–Crippen MR) is 127 cm³/mol. The summed E-state index contributed by atoms with van der Waals surface area (Å²) in [4.78, 5) is 16.3. The molecule has 0 unspecified atom stereocenters. The normalized spacial score (nSPS) is 12.8. The number of carbonyl (C=O) groups is 1. The van der Waals surface area contributed by atoms with Crippen LogP contribution >= 0.6 is 11.3 Å². The lowest BCUT2D eigenvalue weighted by molar-refractivity contribution is -0.150. The largest absolute Gasteiger partial charge is 0.493 e. The second-order valence-electron chi connectivity index (χ2n) is 8.74. The van der Waals surface area contributed by atoms with Crippen LogP contribution in [0.1, 0.15) is 50.1 Å². The van der Waals surface area contributed by atoms with E-state index in [-0.39, 0.29) is 5.41 Å². The number of aromatic nitrogens is 1. The van der Waals surface area contributed by atoms with Crippen LogP contribution < -0.4 is 4.74 Å². The lowest BCUT2D eigenvalue weighted by atomic mass is 9.97. The Morgan fingerprint density at radius 1 is 1.31 bits per heavy atom. The van der Waals surface area contributed by atoms with Crippen LogP contribution in [-0.2, 0) is 27.8 Å². The molecule has 6 nitrogen and oxygen atoms in total. The molecule has 1 aromatic carbocycles. The van der Waals surface area contributed by atoms with Crippen LogP contribution in [0.5, 0.6) is 5.75 Å². The van der Waals surface area contributed by atoms with Gasteiger partial charge in [0.05, 0.1) is 18.9 Å². The molecule has 1 atom stereocenters. The number of oxazole rings is 1. The standard InChI is InChI=1S/C25H31NO5S/c1-6-7-12-29-21(23(27)28)15-17-8-9-20(18-11-14-32-22(17)18)30-13-10-19-16(2)31-24(26-19)25(3,4)5/h6,8-9,11,14,21H,1,7,10,12-13,15H2,2-5H3,(H,27,28)/t21-/m0/s1. The molecular formula is C25H31NO5S. The molecular weight excluding hydrogens is 426 g/mol. The van der Waals surface area contributed by atoms with Gasteiger partial charge in [-0.05, 0) is 36.4 Å². The van der Waals surface area contributed by atoms with Crippen molar-refractivity contribution in [2.24, 2.45) is 0 Å². The van der Waals surface area contributed by atoms with Gasteiger partial charge in [-0.3, -0.25) is 0 Å². The molecule has 7 heteroatoms. The van der Waals surface area contributed by atoms with E-state index >= 15 is 0 Å². The molecule has 32 heavy (non-hydrogen) atoms. The van der Waals surface area contributed by atoms with Gasteiger partial charge in [-0.25, -0.2) is 9.78 Å². The summed E-state index contributed by atoms with van der Waals surface area (Å²) in [6.45, 7) is 12.6. The second-order valence-corrected chi connectivity index (χ2v) is 9.65. The number of nitrogens with zero attached hydrogens (tertiary/aromatic N) is 1. The molecule has 0 aliphatic heterocycles. The number of rotatable bonds is 11. The maximum Gasteiger partial charge on any atom is 0.333 e. The number of fused-ring (bicyclic) bond motifs is 1. The fourth-order valence-electron chi connectivity index (χ4n) is 3.33. The highest BCUT2D eigenvalue weighted by atomic mass is 32.1. The van der Waals surface area contributed by atoms with E-state index in [1.165, 1.54) is 0 Å². The molecule has 0 saturated heterocycles. The van der Waals surface area contributed by atoms with Crippen LogP contribution in [0.2, 0.25) is 0 Å². The average molecular weight is 458 g/mol. The third kappa shape index (κ3) is 5.78. The van der Waals surface area contributed by atoms with Crippen molar-refractivity contribution in [1.82, 2.24) is 4.98 Å². The number of ether oxygens (including phenoxy) is 2. The van der Waals surface area contributed by atoms with Gasteiger partial charge in [-0.15, -0.1) is 17.9 Å². The fourth-order valence-corrected chi connectivity index (χ4v) is 4.27. The van der Waals surface area contributed by atoms with Crippen LogP contribution in [0.3, 0.4) is 0 Å². The summed E-state index contributed by atoms with van der Waals surface area (Å²) in [5.74, 6) is 1.38. The summed E-state index contributed by atoms with van der Waals surface area (Å²) in [5, 5.41) is 12.5. The quantitative estimate of drug-likeness (QED) is 0.294. The van der Waals surface area contributed by atoms with Gasteiger partial charge in [0.15, 0.2) is 12.0 Å². The minimum Gasteiger partial charge on any atom is -0.493 e. The van der Waals surface area contributed by atoms with Gasteiger partial charge >= 0.3 is 5.97 Å². The molecule has 0 fully saturated rings. The minimum atomic E-state index is -0.961. The summed E-state index contributed by atoms with van der Waals surface area (Å²) < 4.78 is 18.5. The van der Waals surface area contributed by atoms with Crippen molar-refractivity contribution in [3.05, 3.63) is 59.1 Å². The summed E-state index contributed by atoms with van der Waals surface area (Å²) in [6.07, 6.45) is 2.40. The highest BCUT2D eigenvalue weighted by Crippen LogP contribution is 2.34. The lowest BCUT2D eigenvalue weighted by Crippen LogP contribution is -2.26. The van der Waals surface area contributed by atoms with Crippen molar-refractivity contribution < 1.29 is 23.8 Å². The summed E-state index contributed by atoms with van der Waals surface area (Å²) in [6, 6.07) is 5.84. The highest BCUT2D eigenvalue weighted by Gasteiger charge is 2.23. The number of aliphatic carboxylic acids is 1. The molecule has 3 rings (SSSR count). The Morgan fingerprint density at radius 2 is 2.09 bits per heavy atom. The first-order chi connectivity index (χ1) is 15.2. The maximum absolute atomic E-state index is 11.6. The fraction of sp³-hybridized carbons (Fsp3) is 0.440. The number of thiophene rings is 1. The molecule has 2 heterocycles. The molecule has 172 valence electrons. The van der Waals surface area contributed by atoms with Crippen molar-refractivity contribution in [2.45, 2.75) is 58.5 Å². The Morgan fingerprint density at radius 3 is 2.75 bits per heavy atom. The number of carboxylic acid groups (broad SMARTS) is 1. The molecule has 0 aliphatic carbocycles. The SMILES string of the molecule is C=CCCO[C@@H](Cc1ccc(OCCc2nc(C(C)(C)C)oc2C)c2ccsc12)C(=O)O. The van der Waals surface area contributed by atoms with Gasteiger partial charge in [0.2, 0.25) is 0 Å². The van der Waals surface area contributed by atoms with Crippen LogP contribution in [0, 0.1) is 6.92 Å². The summed E-state index contributed by atoms with van der Waals surface area (Å²) in [7, 11) is 0. The zero-order chi connectivity index (χ0) is 23.3. The second kappa shape index (κ2) is 10.3. The maximum atomic E-state index is 11.6. The highest BCUT2D eigenvalue weighted by molar-refractivity contribution is 7.17. The predicted octanol–water partition coefficient (Wildman–Crippen LogP) is 5.71. The molecule has 0 aliphatic rings. The van der Waals surface area contributed by atoms with E-state index in [9.17, 15) is 9.90 Å². The molecule has 0 bridgehead atoms. The van der Waals surface area contributed by atoms with E-state index in [0.29, 0.717) is 32.5 Å². The van der Waals surface area contributed by atoms with E-state index in [1.807, 2.05) is 30.5 Å². The van der Waals surface area contributed by atoms with Crippen molar-refractivity contribution in [3.63, 3.8) is 0 Å². The minimum absolute atomic E-state index is 0.133. The van der Waals surface area contributed by atoms with E-state index in [0.717, 1.165) is 38.7 Å². The third-order valence-electron chi connectivity index (χ3n) is 5.11. The third-order valence-corrected chi connectivity index (χ3v) is 6.10. The molecule has 3 aromatic rings. The van der Waals surface area contributed by atoms with Gasteiger partial charge in [0.25, 0.3) is 0 Å². The Bertz CT molecular complexity index is 1080. The number of hydrogen-bond donors (Lipinski definition) is 1. The van der Waals surface area contributed by atoms with E-state index in [1.54, 1.807) is 17.4 Å². The zero-order valence-corrected chi connectivity index (χ0v) is 20.0. The topological polar surface area (TPSA) is 81.8 Å². The van der Waals surface area contributed by atoms with Gasteiger partial charge in [0, 0.05) is 28.3 Å². The molecule has 0 radical (unpaired) electrons. The van der Waals surface area contributed by atoms with E-state index in [4.69, 9.17) is 13.9 Å². The van der Waals surface area contributed by atoms with Gasteiger partial charge in [0.1, 0.15) is 11.5 Å². The number of hydrogen-bond acceptors (Lipinski definition) is 6. The molecule has 0 spiro atoms. The summed E-state index contributed by atoms with van der Waals surface area (Å²) in [5.41, 5.74) is 1.72. The zero-order valence-electron chi connectivity index (χ0n) is 19.1. The first kappa shape index (κ1) is 24.0. The van der Waals surface area contributed by atoms with E-state index in [2.05, 4.69) is 32.3 Å². The first-order valence-corrected chi connectivity index (χ1v) is 11.6. The first-order valence-electron chi connectivity index (χ1n) is 10.7. The van der Waals surface area contributed by atoms with Crippen molar-refractivity contribution >= 4 is 27.4 Å². The molecule has 1 N–H and O–H groups in total. The number of aryl methyl sites for hydroxylation is 1. The Hall–Kier alpha value is -2.64. The van der Waals surface area contributed by atoms with E-state index < -0.39 is 12.1 Å². The van der Waals surface area contributed by atoms with Crippen LogP contribution in [0.4, 0.5) is 0 Å². The molecule has 2 aromatic heterocycles. The Balaban J connectivity index is 1.69. The Labute approximate surface area is 192 Å². The van der Waals surface area contributed by atoms with Crippen LogP contribution in [0.25, 0.3) is 10.1 Å². The number of benzene rings is 1. The van der Waals surface area contributed by atoms with Crippen molar-refractivity contribution in [3.8, 4) is 5.75 Å². The monoisotopic (exact) mass is 457 g/mol. The van der Waals surface area contributed by atoms with Crippen molar-refractivity contribution in [2.75, 3.05) is 13.2 Å². The van der Waals surface area contributed by atoms with Crippen molar-refractivity contribution in [1.29, 1.82) is 0 Å².